The van der Waals surface area contributed by atoms with Crippen molar-refractivity contribution < 1.29 is 8.83 Å². The molecule has 1 fully saturated rings. The summed E-state index contributed by atoms with van der Waals surface area (Å²) < 4.78 is 11.3. The first-order chi connectivity index (χ1) is 9.63. The molecule has 0 bridgehead atoms. The van der Waals surface area contributed by atoms with E-state index in [1.807, 2.05) is 19.9 Å². The van der Waals surface area contributed by atoms with E-state index < -0.39 is 0 Å². The summed E-state index contributed by atoms with van der Waals surface area (Å²) in [5.41, 5.74) is 0.884. The molecular weight excluding hydrogens is 256 g/mol. The number of hydrogen-bond donors (Lipinski definition) is 1. The quantitative estimate of drug-likeness (QED) is 0.921. The second kappa shape index (κ2) is 5.38. The maximum Gasteiger partial charge on any atom is 0.251 e. The lowest BCUT2D eigenvalue weighted by molar-refractivity contribution is 0.151. The Morgan fingerprint density at radius 2 is 2.20 bits per heavy atom. The number of nitrogens with one attached hydrogen (secondary N) is 1. The lowest BCUT2D eigenvalue weighted by Gasteiger charge is -2.32. The van der Waals surface area contributed by atoms with Gasteiger partial charge in [0.25, 0.3) is 5.89 Å². The average molecular weight is 276 g/mol. The molecule has 2 aromatic heterocycles. The molecule has 1 unspecified atom stereocenters. The first-order valence-electron chi connectivity index (χ1n) is 6.98. The van der Waals surface area contributed by atoms with Crippen molar-refractivity contribution in [1.29, 1.82) is 0 Å². The second-order valence-electron chi connectivity index (χ2n) is 5.35. The minimum Gasteiger partial charge on any atom is -0.466 e. The first kappa shape index (κ1) is 13.3. The zero-order valence-electron chi connectivity index (χ0n) is 12.1. The van der Waals surface area contributed by atoms with Crippen molar-refractivity contribution in [3.8, 4) is 11.5 Å². The molecule has 0 aromatic carbocycles. The Balaban J connectivity index is 1.75. The van der Waals surface area contributed by atoms with Crippen molar-refractivity contribution in [2.45, 2.75) is 33.4 Å². The molecule has 1 saturated heterocycles. The summed E-state index contributed by atoms with van der Waals surface area (Å²) >= 11 is 0. The third-order valence-electron chi connectivity index (χ3n) is 3.72. The monoisotopic (exact) mass is 276 g/mol. The largest absolute Gasteiger partial charge is 0.466 e. The van der Waals surface area contributed by atoms with Gasteiger partial charge in [-0.05, 0) is 26.8 Å². The van der Waals surface area contributed by atoms with E-state index in [2.05, 4.69) is 27.3 Å². The Bertz CT molecular complexity index is 590. The highest BCUT2D eigenvalue weighted by Crippen LogP contribution is 2.25. The molecule has 0 saturated carbocycles. The predicted octanol–water partition coefficient (Wildman–Crippen LogP) is 1.74. The van der Waals surface area contributed by atoms with Crippen LogP contribution in [0.5, 0.6) is 0 Å². The Hall–Kier alpha value is -1.66. The van der Waals surface area contributed by atoms with Crippen LogP contribution in [0.4, 0.5) is 0 Å². The summed E-state index contributed by atoms with van der Waals surface area (Å²) in [6, 6.07) is 2.41. The second-order valence-corrected chi connectivity index (χ2v) is 5.35. The number of aromatic nitrogens is 2. The zero-order chi connectivity index (χ0) is 14.1. The molecule has 6 heteroatoms. The summed E-state index contributed by atoms with van der Waals surface area (Å²) in [5, 5.41) is 11.7. The lowest BCUT2D eigenvalue weighted by Crippen LogP contribution is -2.49. The van der Waals surface area contributed by atoms with E-state index in [1.165, 1.54) is 0 Å². The summed E-state index contributed by atoms with van der Waals surface area (Å²) in [7, 11) is 0. The van der Waals surface area contributed by atoms with Crippen LogP contribution in [0, 0.1) is 13.8 Å². The standard InChI is InChI=1S/C14H20N4O2/c1-9-7-15-4-5-18(9)8-13-16-17-14(20-13)12-6-10(2)19-11(12)3/h6,9,15H,4-5,7-8H2,1-3H3. The van der Waals surface area contributed by atoms with E-state index in [0.29, 0.717) is 24.4 Å². The van der Waals surface area contributed by atoms with Crippen molar-refractivity contribution in [2.75, 3.05) is 19.6 Å². The van der Waals surface area contributed by atoms with Crippen molar-refractivity contribution in [3.05, 3.63) is 23.5 Å². The van der Waals surface area contributed by atoms with E-state index in [0.717, 1.165) is 36.7 Å². The number of aryl methyl sites for hydroxylation is 2. The van der Waals surface area contributed by atoms with Crippen LogP contribution in [-0.4, -0.2) is 40.8 Å². The molecule has 1 atom stereocenters. The Morgan fingerprint density at radius 3 is 2.90 bits per heavy atom. The number of rotatable bonds is 3. The maximum absolute atomic E-state index is 5.77. The average Bonchev–Trinajstić information content (AvgIpc) is 2.99. The van der Waals surface area contributed by atoms with Gasteiger partial charge < -0.3 is 14.2 Å². The van der Waals surface area contributed by atoms with E-state index >= 15 is 0 Å². The molecule has 0 spiro atoms. The van der Waals surface area contributed by atoms with Gasteiger partial charge in [-0.1, -0.05) is 0 Å². The molecule has 2 aromatic rings. The van der Waals surface area contributed by atoms with Crippen LogP contribution in [0.15, 0.2) is 14.9 Å². The van der Waals surface area contributed by atoms with Crippen LogP contribution in [0.25, 0.3) is 11.5 Å². The Kier molecular flexibility index (Phi) is 3.58. The fraction of sp³-hybridized carbons (Fsp3) is 0.571. The fourth-order valence-corrected chi connectivity index (χ4v) is 2.56. The molecule has 0 aliphatic carbocycles. The molecule has 3 heterocycles. The smallest absolute Gasteiger partial charge is 0.251 e. The third-order valence-corrected chi connectivity index (χ3v) is 3.72. The van der Waals surface area contributed by atoms with Crippen molar-refractivity contribution in [3.63, 3.8) is 0 Å². The molecule has 1 aliphatic heterocycles. The summed E-state index contributed by atoms with van der Waals surface area (Å²) in [6.45, 7) is 9.73. The van der Waals surface area contributed by atoms with Gasteiger partial charge in [-0.25, -0.2) is 0 Å². The summed E-state index contributed by atoms with van der Waals surface area (Å²) in [6.07, 6.45) is 0. The summed E-state index contributed by atoms with van der Waals surface area (Å²) in [5.74, 6) is 2.87. The van der Waals surface area contributed by atoms with Gasteiger partial charge >= 0.3 is 0 Å². The Morgan fingerprint density at radius 1 is 1.35 bits per heavy atom. The minimum atomic E-state index is 0.483. The normalized spacial score (nSPS) is 20.4. The maximum atomic E-state index is 5.77. The van der Waals surface area contributed by atoms with Gasteiger partial charge in [-0.2, -0.15) is 0 Å². The van der Waals surface area contributed by atoms with Crippen LogP contribution in [-0.2, 0) is 6.54 Å². The van der Waals surface area contributed by atoms with Crippen molar-refractivity contribution in [2.24, 2.45) is 0 Å². The third kappa shape index (κ3) is 2.62. The molecule has 108 valence electrons. The van der Waals surface area contributed by atoms with Crippen LogP contribution >= 0.6 is 0 Å². The number of furan rings is 1. The predicted molar refractivity (Wildman–Crippen MR) is 74.2 cm³/mol. The van der Waals surface area contributed by atoms with Gasteiger partial charge in [-0.3, -0.25) is 4.90 Å². The number of hydrogen-bond acceptors (Lipinski definition) is 6. The topological polar surface area (TPSA) is 67.3 Å². The van der Waals surface area contributed by atoms with E-state index in [9.17, 15) is 0 Å². The fourth-order valence-electron chi connectivity index (χ4n) is 2.56. The zero-order valence-corrected chi connectivity index (χ0v) is 12.1. The van der Waals surface area contributed by atoms with Gasteiger partial charge in [0.05, 0.1) is 12.1 Å². The van der Waals surface area contributed by atoms with Crippen LogP contribution < -0.4 is 5.32 Å². The molecule has 20 heavy (non-hydrogen) atoms. The Labute approximate surface area is 118 Å². The van der Waals surface area contributed by atoms with Crippen molar-refractivity contribution >= 4 is 0 Å². The van der Waals surface area contributed by atoms with Gasteiger partial charge in [0, 0.05) is 25.7 Å². The van der Waals surface area contributed by atoms with E-state index in [1.54, 1.807) is 0 Å². The molecule has 6 nitrogen and oxygen atoms in total. The molecule has 3 rings (SSSR count). The summed E-state index contributed by atoms with van der Waals surface area (Å²) in [4.78, 5) is 2.35. The lowest BCUT2D eigenvalue weighted by atomic mass is 10.2. The van der Waals surface area contributed by atoms with Gasteiger partial charge in [0.15, 0.2) is 0 Å². The SMILES string of the molecule is Cc1cc(-c2nnc(CN3CCNCC3C)o2)c(C)o1. The first-order valence-corrected chi connectivity index (χ1v) is 6.98. The molecule has 0 radical (unpaired) electrons. The molecular formula is C14H20N4O2. The van der Waals surface area contributed by atoms with Crippen LogP contribution in [0.3, 0.4) is 0 Å². The van der Waals surface area contributed by atoms with Gasteiger partial charge in [0.1, 0.15) is 11.5 Å². The highest BCUT2D eigenvalue weighted by molar-refractivity contribution is 5.55. The minimum absolute atomic E-state index is 0.483. The van der Waals surface area contributed by atoms with Crippen LogP contribution in [0.2, 0.25) is 0 Å². The highest BCUT2D eigenvalue weighted by atomic mass is 16.4. The van der Waals surface area contributed by atoms with Crippen molar-refractivity contribution in [1.82, 2.24) is 20.4 Å². The van der Waals surface area contributed by atoms with Gasteiger partial charge in [0.2, 0.25) is 5.89 Å². The van der Waals surface area contributed by atoms with Crippen LogP contribution in [0.1, 0.15) is 24.3 Å². The van der Waals surface area contributed by atoms with E-state index in [4.69, 9.17) is 8.83 Å². The molecule has 1 aliphatic rings. The van der Waals surface area contributed by atoms with E-state index in [-0.39, 0.29) is 0 Å². The van der Waals surface area contributed by atoms with Gasteiger partial charge in [-0.15, -0.1) is 10.2 Å². The number of piperazine rings is 1. The highest BCUT2D eigenvalue weighted by Gasteiger charge is 2.21. The molecule has 0 amide bonds. The number of nitrogens with zero attached hydrogens (tertiary/aromatic N) is 3. The molecule has 1 N–H and O–H groups in total.